The van der Waals surface area contributed by atoms with Gasteiger partial charge in [-0.2, -0.15) is 0 Å². The standard InChI is InChI=1S/C55H99NO5/c1-3-5-7-9-11-13-15-17-18-20-24-27-31-35-39-43-47-53(58)52(51-57)56-54(59)48-44-40-36-32-28-25-21-19-22-26-30-34-38-42-46-50-61-55(60)49-45-41-37-33-29-23-16-14-12-10-8-6-4-2/h8,10,14,16,19,22,26,30,43,47,52-53,57-58H,3-7,9,11-13,15,17-18,20-21,23-25,27-29,31-42,44-46,48-51H2,1-2H3,(H,56,59)/b10-8-,16-14-,22-19-,30-26-,47-43+. The third-order valence-corrected chi connectivity index (χ3v) is 11.5. The molecule has 0 heterocycles. The number of hydrogen-bond donors (Lipinski definition) is 3. The highest BCUT2D eigenvalue weighted by molar-refractivity contribution is 5.76. The van der Waals surface area contributed by atoms with E-state index in [0.29, 0.717) is 19.4 Å². The van der Waals surface area contributed by atoms with Gasteiger partial charge in [0.1, 0.15) is 0 Å². The van der Waals surface area contributed by atoms with Crippen LogP contribution in [-0.2, 0) is 14.3 Å². The Morgan fingerprint density at radius 1 is 0.475 bits per heavy atom. The largest absolute Gasteiger partial charge is 0.466 e. The van der Waals surface area contributed by atoms with E-state index >= 15 is 0 Å². The van der Waals surface area contributed by atoms with E-state index in [1.165, 1.54) is 135 Å². The van der Waals surface area contributed by atoms with Gasteiger partial charge in [-0.1, -0.05) is 209 Å². The van der Waals surface area contributed by atoms with Gasteiger partial charge in [-0.3, -0.25) is 9.59 Å². The molecule has 0 aliphatic heterocycles. The second-order valence-corrected chi connectivity index (χ2v) is 17.5. The molecule has 354 valence electrons. The van der Waals surface area contributed by atoms with E-state index in [1.54, 1.807) is 6.08 Å². The number of unbranched alkanes of at least 4 members (excludes halogenated alkanes) is 29. The first kappa shape index (κ1) is 58.6. The number of aliphatic hydroxyl groups excluding tert-OH is 2. The highest BCUT2D eigenvalue weighted by Crippen LogP contribution is 2.15. The zero-order valence-electron chi connectivity index (χ0n) is 40.1. The normalized spacial score (nSPS) is 13.2. The van der Waals surface area contributed by atoms with Gasteiger partial charge in [-0.25, -0.2) is 0 Å². The summed E-state index contributed by atoms with van der Waals surface area (Å²) in [6.07, 6.45) is 63.6. The van der Waals surface area contributed by atoms with Crippen LogP contribution in [0, 0.1) is 0 Å². The quantitative estimate of drug-likeness (QED) is 0.0245. The first-order valence-corrected chi connectivity index (χ1v) is 26.1. The molecule has 0 saturated carbocycles. The Labute approximate surface area is 378 Å². The third-order valence-electron chi connectivity index (χ3n) is 11.5. The second-order valence-electron chi connectivity index (χ2n) is 17.5. The molecule has 6 nitrogen and oxygen atoms in total. The van der Waals surface area contributed by atoms with Crippen molar-refractivity contribution in [1.29, 1.82) is 0 Å². The summed E-state index contributed by atoms with van der Waals surface area (Å²) in [4.78, 5) is 24.4. The molecule has 0 aliphatic rings. The van der Waals surface area contributed by atoms with Gasteiger partial charge in [-0.05, 0) is 89.9 Å². The van der Waals surface area contributed by atoms with Gasteiger partial charge >= 0.3 is 5.97 Å². The van der Waals surface area contributed by atoms with Gasteiger partial charge in [0.15, 0.2) is 0 Å². The lowest BCUT2D eigenvalue weighted by atomic mass is 10.0. The van der Waals surface area contributed by atoms with Crippen LogP contribution in [-0.4, -0.2) is 47.4 Å². The molecule has 0 spiro atoms. The maximum atomic E-state index is 12.4. The molecule has 2 unspecified atom stereocenters. The lowest BCUT2D eigenvalue weighted by molar-refractivity contribution is -0.143. The molecule has 2 atom stereocenters. The summed E-state index contributed by atoms with van der Waals surface area (Å²) < 4.78 is 5.42. The van der Waals surface area contributed by atoms with Crippen molar-refractivity contribution < 1.29 is 24.5 Å². The van der Waals surface area contributed by atoms with Crippen molar-refractivity contribution in [3.8, 4) is 0 Å². The summed E-state index contributed by atoms with van der Waals surface area (Å²) >= 11 is 0. The Bertz CT molecular complexity index is 1080. The van der Waals surface area contributed by atoms with Gasteiger partial charge in [0.2, 0.25) is 5.91 Å². The minimum atomic E-state index is -0.860. The first-order chi connectivity index (χ1) is 30.0. The van der Waals surface area contributed by atoms with Crippen LogP contribution >= 0.6 is 0 Å². The van der Waals surface area contributed by atoms with E-state index in [2.05, 4.69) is 67.8 Å². The maximum Gasteiger partial charge on any atom is 0.305 e. The number of carbonyl (C=O) groups is 2. The average molecular weight is 854 g/mol. The van der Waals surface area contributed by atoms with Crippen LogP contribution in [0.1, 0.15) is 251 Å². The van der Waals surface area contributed by atoms with Crippen LogP contribution < -0.4 is 5.32 Å². The molecule has 6 heteroatoms. The summed E-state index contributed by atoms with van der Waals surface area (Å²) in [5.74, 6) is -0.132. The van der Waals surface area contributed by atoms with Crippen molar-refractivity contribution in [2.24, 2.45) is 0 Å². The fourth-order valence-corrected chi connectivity index (χ4v) is 7.48. The zero-order chi connectivity index (χ0) is 44.4. The van der Waals surface area contributed by atoms with Crippen molar-refractivity contribution >= 4 is 11.9 Å². The smallest absolute Gasteiger partial charge is 0.305 e. The molecule has 0 saturated heterocycles. The molecule has 1 amide bonds. The van der Waals surface area contributed by atoms with Gasteiger partial charge in [0.05, 0.1) is 25.4 Å². The Morgan fingerprint density at radius 3 is 1.41 bits per heavy atom. The maximum absolute atomic E-state index is 12.4. The lowest BCUT2D eigenvalue weighted by Crippen LogP contribution is -2.45. The van der Waals surface area contributed by atoms with Gasteiger partial charge in [0, 0.05) is 12.8 Å². The van der Waals surface area contributed by atoms with E-state index in [4.69, 9.17) is 4.74 Å². The predicted octanol–water partition coefficient (Wildman–Crippen LogP) is 15.6. The van der Waals surface area contributed by atoms with E-state index in [0.717, 1.165) is 89.9 Å². The van der Waals surface area contributed by atoms with Crippen molar-refractivity contribution in [2.45, 2.75) is 264 Å². The predicted molar refractivity (Wildman–Crippen MR) is 264 cm³/mol. The van der Waals surface area contributed by atoms with Gasteiger partial charge in [-0.15, -0.1) is 0 Å². The Morgan fingerprint density at radius 2 is 0.902 bits per heavy atom. The number of ether oxygens (including phenoxy) is 1. The molecule has 0 radical (unpaired) electrons. The number of esters is 1. The van der Waals surface area contributed by atoms with E-state index < -0.39 is 12.1 Å². The van der Waals surface area contributed by atoms with E-state index in [-0.39, 0.29) is 18.5 Å². The van der Waals surface area contributed by atoms with Crippen molar-refractivity contribution in [1.82, 2.24) is 5.32 Å². The number of hydrogen-bond acceptors (Lipinski definition) is 5. The summed E-state index contributed by atoms with van der Waals surface area (Å²) in [6.45, 7) is 4.76. The topological polar surface area (TPSA) is 95.9 Å². The molecule has 3 N–H and O–H groups in total. The lowest BCUT2D eigenvalue weighted by Gasteiger charge is -2.20. The van der Waals surface area contributed by atoms with E-state index in [1.807, 2.05) is 6.08 Å². The summed E-state index contributed by atoms with van der Waals surface area (Å²) in [6, 6.07) is -0.646. The third kappa shape index (κ3) is 46.9. The fourth-order valence-electron chi connectivity index (χ4n) is 7.48. The van der Waals surface area contributed by atoms with Crippen LogP contribution in [0.3, 0.4) is 0 Å². The van der Waals surface area contributed by atoms with Gasteiger partial charge < -0.3 is 20.3 Å². The molecule has 0 aromatic rings. The highest BCUT2D eigenvalue weighted by Gasteiger charge is 2.18. The van der Waals surface area contributed by atoms with Crippen LogP contribution in [0.2, 0.25) is 0 Å². The van der Waals surface area contributed by atoms with Crippen LogP contribution in [0.4, 0.5) is 0 Å². The molecule has 0 rings (SSSR count). The first-order valence-electron chi connectivity index (χ1n) is 26.1. The monoisotopic (exact) mass is 854 g/mol. The summed E-state index contributed by atoms with van der Waals surface area (Å²) in [7, 11) is 0. The number of amides is 1. The van der Waals surface area contributed by atoms with Crippen molar-refractivity contribution in [2.75, 3.05) is 13.2 Å². The van der Waals surface area contributed by atoms with Crippen LogP contribution in [0.5, 0.6) is 0 Å². The number of nitrogens with one attached hydrogen (secondary N) is 1. The molecule has 0 fully saturated rings. The molecule has 0 bridgehead atoms. The Kier molecular flexibility index (Phi) is 48.2. The second kappa shape index (κ2) is 50.2. The van der Waals surface area contributed by atoms with Crippen molar-refractivity contribution in [3.63, 3.8) is 0 Å². The van der Waals surface area contributed by atoms with Gasteiger partial charge in [0.25, 0.3) is 0 Å². The highest BCUT2D eigenvalue weighted by atomic mass is 16.5. The molecule has 0 aromatic heterocycles. The summed E-state index contributed by atoms with van der Waals surface area (Å²) in [5, 5.41) is 23.1. The Balaban J connectivity index is 3.59. The van der Waals surface area contributed by atoms with E-state index in [9.17, 15) is 19.8 Å². The average Bonchev–Trinajstić information content (AvgIpc) is 3.26. The molecule has 61 heavy (non-hydrogen) atoms. The Hall–Kier alpha value is -2.44. The molecular formula is C55H99NO5. The van der Waals surface area contributed by atoms with Crippen molar-refractivity contribution in [3.05, 3.63) is 60.8 Å². The molecule has 0 aliphatic carbocycles. The minimum Gasteiger partial charge on any atom is -0.466 e. The number of allylic oxidation sites excluding steroid dienone is 9. The summed E-state index contributed by atoms with van der Waals surface area (Å²) in [5.41, 5.74) is 0. The van der Waals surface area contributed by atoms with Crippen LogP contribution in [0.25, 0.3) is 0 Å². The zero-order valence-corrected chi connectivity index (χ0v) is 40.1. The van der Waals surface area contributed by atoms with Crippen LogP contribution in [0.15, 0.2) is 60.8 Å². The molecular weight excluding hydrogens is 755 g/mol. The minimum absolute atomic E-state index is 0.0393. The molecule has 0 aromatic carbocycles. The fraction of sp³-hybridized carbons (Fsp3) is 0.782. The SMILES string of the molecule is CCC/C=C\C/C=C\CCCCCCCC(=O)OCCCCC/C=C\C=C/CCCCCCCCC(=O)NC(CO)C(O)/C=C/CCCCCCCCCCCCCCCC. The number of rotatable bonds is 47. The number of aliphatic hydroxyl groups is 2. The number of carbonyl (C=O) groups excluding carboxylic acids is 2.